The van der Waals surface area contributed by atoms with Crippen LogP contribution in [0, 0.1) is 0 Å². The molecule has 0 aromatic heterocycles. The summed E-state index contributed by atoms with van der Waals surface area (Å²) in [6.07, 6.45) is 2.02. The molecule has 0 spiro atoms. The summed E-state index contributed by atoms with van der Waals surface area (Å²) >= 11 is 0. The highest BCUT2D eigenvalue weighted by molar-refractivity contribution is 7.89. The summed E-state index contributed by atoms with van der Waals surface area (Å²) in [5.74, 6) is 0. The van der Waals surface area contributed by atoms with E-state index in [1.807, 2.05) is 30.3 Å². The van der Waals surface area contributed by atoms with E-state index in [0.29, 0.717) is 18.0 Å². The molecule has 1 saturated heterocycles. The van der Waals surface area contributed by atoms with Crippen molar-refractivity contribution in [2.24, 2.45) is 0 Å². The third kappa shape index (κ3) is 3.04. The van der Waals surface area contributed by atoms with E-state index in [2.05, 4.69) is 30.3 Å². The predicted molar refractivity (Wildman–Crippen MR) is 111 cm³/mol. The van der Waals surface area contributed by atoms with Crippen molar-refractivity contribution in [1.82, 2.24) is 4.31 Å². The van der Waals surface area contributed by atoms with Gasteiger partial charge in [-0.05, 0) is 35.4 Å². The molecule has 1 fully saturated rings. The molecule has 1 heterocycles. The smallest absolute Gasteiger partial charge is 0.244 e. The minimum absolute atomic E-state index is 0.474. The lowest BCUT2D eigenvalue weighted by molar-refractivity contribution is -0.917. The van der Waals surface area contributed by atoms with Crippen molar-refractivity contribution in [3.05, 3.63) is 77.4 Å². The molecule has 1 aliphatic heterocycles. The van der Waals surface area contributed by atoms with Crippen LogP contribution in [0.2, 0.25) is 0 Å². The number of hydrogen-bond donors (Lipinski definition) is 1. The first-order chi connectivity index (χ1) is 13.6. The average molecular weight is 394 g/mol. The van der Waals surface area contributed by atoms with Crippen LogP contribution in [0.15, 0.2) is 65.6 Å². The number of quaternary nitrogens is 1. The van der Waals surface area contributed by atoms with E-state index >= 15 is 0 Å². The third-order valence-electron chi connectivity index (χ3n) is 6.18. The zero-order chi connectivity index (χ0) is 19.1. The number of sulfonamides is 1. The van der Waals surface area contributed by atoms with Crippen molar-refractivity contribution in [2.75, 3.05) is 26.2 Å². The maximum absolute atomic E-state index is 13.4. The van der Waals surface area contributed by atoms with Gasteiger partial charge < -0.3 is 4.90 Å². The van der Waals surface area contributed by atoms with Crippen molar-refractivity contribution in [3.8, 4) is 0 Å². The molecule has 2 aliphatic rings. The first kappa shape index (κ1) is 17.9. The number of nitrogens with one attached hydrogen (secondary N) is 1. The summed E-state index contributed by atoms with van der Waals surface area (Å²) < 4.78 is 28.5. The molecule has 3 aromatic rings. The Bertz CT molecular complexity index is 1110. The monoisotopic (exact) mass is 393 g/mol. The van der Waals surface area contributed by atoms with Crippen molar-refractivity contribution < 1.29 is 13.3 Å². The molecule has 0 bridgehead atoms. The summed E-state index contributed by atoms with van der Waals surface area (Å²) in [6, 6.07) is 20.4. The average Bonchev–Trinajstić information content (AvgIpc) is 3.14. The quantitative estimate of drug-likeness (QED) is 0.737. The minimum Gasteiger partial charge on any atom is -0.329 e. The molecular formula is C23H25N2O2S+. The van der Waals surface area contributed by atoms with Crippen molar-refractivity contribution in [3.63, 3.8) is 0 Å². The first-order valence-corrected chi connectivity index (χ1v) is 11.5. The summed E-state index contributed by atoms with van der Waals surface area (Å²) in [6.45, 7) is 3.79. The summed E-state index contributed by atoms with van der Waals surface area (Å²) in [5.41, 5.74) is 3.87. The molecule has 1 N–H and O–H groups in total. The fourth-order valence-electron chi connectivity index (χ4n) is 4.69. The summed E-state index contributed by atoms with van der Waals surface area (Å²) in [5, 5.41) is 2.06. The van der Waals surface area contributed by atoms with Crippen LogP contribution in [-0.4, -0.2) is 38.9 Å². The van der Waals surface area contributed by atoms with Crippen LogP contribution in [0.1, 0.15) is 16.7 Å². The second-order valence-corrected chi connectivity index (χ2v) is 9.79. The number of benzene rings is 3. The van der Waals surface area contributed by atoms with Gasteiger partial charge in [0.15, 0.2) is 0 Å². The second-order valence-electron chi connectivity index (χ2n) is 7.88. The second kappa shape index (κ2) is 6.99. The number of nitrogens with zero attached hydrogens (tertiary/aromatic N) is 1. The zero-order valence-electron chi connectivity index (χ0n) is 15.9. The lowest BCUT2D eigenvalue weighted by atomic mass is 10.1. The van der Waals surface area contributed by atoms with E-state index in [0.717, 1.165) is 43.2 Å². The van der Waals surface area contributed by atoms with E-state index in [4.69, 9.17) is 0 Å². The largest absolute Gasteiger partial charge is 0.329 e. The molecule has 0 unspecified atom stereocenters. The van der Waals surface area contributed by atoms with Gasteiger partial charge in [0.2, 0.25) is 10.0 Å². The molecule has 0 saturated carbocycles. The van der Waals surface area contributed by atoms with Gasteiger partial charge in [0.1, 0.15) is 6.54 Å². The molecule has 4 nitrogen and oxygen atoms in total. The van der Waals surface area contributed by atoms with Crippen molar-refractivity contribution in [2.45, 2.75) is 24.3 Å². The van der Waals surface area contributed by atoms with Crippen molar-refractivity contribution in [1.29, 1.82) is 0 Å². The Hall–Kier alpha value is -2.21. The number of piperazine rings is 1. The fraction of sp³-hybridized carbons (Fsp3) is 0.304. The fourth-order valence-corrected chi connectivity index (χ4v) is 6.32. The molecular weight excluding hydrogens is 368 g/mol. The van der Waals surface area contributed by atoms with Gasteiger partial charge in [0.25, 0.3) is 0 Å². The van der Waals surface area contributed by atoms with Crippen LogP contribution in [0.25, 0.3) is 10.8 Å². The van der Waals surface area contributed by atoms with Gasteiger partial charge >= 0.3 is 0 Å². The standard InChI is InChI=1S/C23H24N2O2S/c26-28(27,22-12-11-20-10-9-19-7-4-8-21(22)23(19)20)25-15-13-24(14-16-25)17-18-5-2-1-3-6-18/h1-8,11-12H,9-10,13-17H2/p+1. The van der Waals surface area contributed by atoms with Gasteiger partial charge in [-0.3, -0.25) is 0 Å². The van der Waals surface area contributed by atoms with Gasteiger partial charge in [0.05, 0.1) is 31.1 Å². The van der Waals surface area contributed by atoms with E-state index in [-0.39, 0.29) is 0 Å². The number of rotatable bonds is 4. The van der Waals surface area contributed by atoms with Crippen molar-refractivity contribution >= 4 is 20.8 Å². The highest BCUT2D eigenvalue weighted by Crippen LogP contribution is 2.35. The summed E-state index contributed by atoms with van der Waals surface area (Å²) in [7, 11) is -3.47. The Morgan fingerprint density at radius 3 is 2.29 bits per heavy atom. The minimum atomic E-state index is -3.47. The molecule has 0 radical (unpaired) electrons. The molecule has 5 heteroatoms. The Morgan fingerprint density at radius 2 is 1.54 bits per heavy atom. The Labute approximate surface area is 166 Å². The van der Waals surface area contributed by atoms with Crippen LogP contribution in [0.3, 0.4) is 0 Å². The van der Waals surface area contributed by atoms with Crippen LogP contribution in [0.5, 0.6) is 0 Å². The van der Waals surface area contributed by atoms with Crippen LogP contribution in [0.4, 0.5) is 0 Å². The molecule has 144 valence electrons. The van der Waals surface area contributed by atoms with E-state index in [9.17, 15) is 8.42 Å². The maximum Gasteiger partial charge on any atom is 0.244 e. The van der Waals surface area contributed by atoms with Crippen LogP contribution >= 0.6 is 0 Å². The Morgan fingerprint density at radius 1 is 0.821 bits per heavy atom. The predicted octanol–water partition coefficient (Wildman–Crippen LogP) is 2.03. The van der Waals surface area contributed by atoms with Gasteiger partial charge in [-0.25, -0.2) is 8.42 Å². The maximum atomic E-state index is 13.4. The highest BCUT2D eigenvalue weighted by Gasteiger charge is 2.32. The molecule has 28 heavy (non-hydrogen) atoms. The normalized spacial score (nSPS) is 18.0. The molecule has 1 aliphatic carbocycles. The number of aryl methyl sites for hydroxylation is 2. The van der Waals surface area contributed by atoms with E-state index in [1.165, 1.54) is 21.6 Å². The molecule has 0 atom stereocenters. The first-order valence-electron chi connectivity index (χ1n) is 10.0. The molecule has 3 aromatic carbocycles. The van der Waals surface area contributed by atoms with Gasteiger partial charge in [-0.2, -0.15) is 4.31 Å². The number of hydrogen-bond acceptors (Lipinski definition) is 2. The topological polar surface area (TPSA) is 41.8 Å². The lowest BCUT2D eigenvalue weighted by Crippen LogP contribution is -3.13. The van der Waals surface area contributed by atoms with Gasteiger partial charge in [-0.15, -0.1) is 0 Å². The third-order valence-corrected chi connectivity index (χ3v) is 8.14. The van der Waals surface area contributed by atoms with Crippen LogP contribution < -0.4 is 4.90 Å². The van der Waals surface area contributed by atoms with Gasteiger partial charge in [0, 0.05) is 10.9 Å². The Balaban J connectivity index is 1.38. The Kier molecular flexibility index (Phi) is 4.46. The van der Waals surface area contributed by atoms with E-state index < -0.39 is 10.0 Å². The summed E-state index contributed by atoms with van der Waals surface area (Å²) in [4.78, 5) is 1.92. The van der Waals surface area contributed by atoms with E-state index in [1.54, 1.807) is 4.31 Å². The molecule has 0 amide bonds. The SMILES string of the molecule is O=S(=O)(c1ccc2c3c(cccc13)CC2)N1CC[NH+](Cc2ccccc2)CC1. The van der Waals surface area contributed by atoms with Crippen LogP contribution in [-0.2, 0) is 29.4 Å². The molecule has 5 rings (SSSR count). The zero-order valence-corrected chi connectivity index (χ0v) is 16.7. The van der Waals surface area contributed by atoms with Gasteiger partial charge in [-0.1, -0.05) is 54.6 Å². The lowest BCUT2D eigenvalue weighted by Gasteiger charge is -2.31. The highest BCUT2D eigenvalue weighted by atomic mass is 32.2.